The van der Waals surface area contributed by atoms with Crippen LogP contribution in [0.4, 0.5) is 13.2 Å². The molecule has 2 aromatic heterocycles. The Balaban J connectivity index is 1.86. The van der Waals surface area contributed by atoms with Crippen molar-refractivity contribution in [1.29, 1.82) is 0 Å². The maximum Gasteiger partial charge on any atom is 0.419 e. The number of rotatable bonds is 3. The van der Waals surface area contributed by atoms with Gasteiger partial charge in [0.25, 0.3) is 0 Å². The van der Waals surface area contributed by atoms with Crippen LogP contribution < -0.4 is 4.74 Å². The molecule has 0 radical (unpaired) electrons. The van der Waals surface area contributed by atoms with Crippen molar-refractivity contribution in [2.24, 2.45) is 0 Å². The summed E-state index contributed by atoms with van der Waals surface area (Å²) in [5, 5.41) is 7.82. The molecule has 0 atom stereocenters. The fourth-order valence-corrected chi connectivity index (χ4v) is 1.96. The second-order valence-corrected chi connectivity index (χ2v) is 4.33. The molecule has 0 aliphatic rings. The number of alkyl halides is 3. The van der Waals surface area contributed by atoms with Crippen LogP contribution in [0, 0.1) is 0 Å². The number of hydrogen-bond acceptors (Lipinski definition) is 3. The van der Waals surface area contributed by atoms with Crippen molar-refractivity contribution < 1.29 is 17.9 Å². The highest BCUT2D eigenvalue weighted by Crippen LogP contribution is 2.36. The fourth-order valence-electron chi connectivity index (χ4n) is 1.96. The van der Waals surface area contributed by atoms with Crippen LogP contribution in [-0.2, 0) is 12.8 Å². The van der Waals surface area contributed by atoms with Gasteiger partial charge in [-0.15, -0.1) is 10.2 Å². The van der Waals surface area contributed by atoms with Crippen LogP contribution in [0.1, 0.15) is 11.4 Å². The minimum absolute atomic E-state index is 0.0989. The molecular formula is C14H10F3N3O. The molecule has 7 heteroatoms. The third-order valence-corrected chi connectivity index (χ3v) is 2.93. The second-order valence-electron chi connectivity index (χ2n) is 4.33. The Kier molecular flexibility index (Phi) is 3.25. The van der Waals surface area contributed by atoms with Gasteiger partial charge in [-0.3, -0.25) is 4.40 Å². The molecular weight excluding hydrogens is 283 g/mol. The number of aromatic nitrogens is 3. The lowest BCUT2D eigenvalue weighted by atomic mass is 10.2. The Morgan fingerprint density at radius 1 is 1.00 bits per heavy atom. The highest BCUT2D eigenvalue weighted by Gasteiger charge is 2.34. The summed E-state index contributed by atoms with van der Waals surface area (Å²) in [5.74, 6) is 0.209. The Morgan fingerprint density at radius 2 is 1.76 bits per heavy atom. The molecule has 1 aromatic carbocycles. The highest BCUT2D eigenvalue weighted by atomic mass is 19.4. The minimum atomic E-state index is -4.45. The van der Waals surface area contributed by atoms with E-state index >= 15 is 0 Å². The van der Waals surface area contributed by atoms with E-state index in [4.69, 9.17) is 4.74 Å². The number of pyridine rings is 1. The standard InChI is InChI=1S/C14H10F3N3O/c15-14(16,17)10-5-1-2-6-11(10)21-9-13-19-18-12-7-3-4-8-20(12)13/h1-8H,9H2. The molecule has 0 saturated heterocycles. The van der Waals surface area contributed by atoms with Gasteiger partial charge in [0.15, 0.2) is 11.5 Å². The average Bonchev–Trinajstić information content (AvgIpc) is 2.88. The SMILES string of the molecule is FC(F)(F)c1ccccc1OCc1nnc2ccccn12. The third-order valence-electron chi connectivity index (χ3n) is 2.93. The van der Waals surface area contributed by atoms with Gasteiger partial charge in [0.1, 0.15) is 12.4 Å². The van der Waals surface area contributed by atoms with E-state index < -0.39 is 11.7 Å². The van der Waals surface area contributed by atoms with E-state index in [1.165, 1.54) is 18.2 Å². The van der Waals surface area contributed by atoms with Crippen LogP contribution in [0.25, 0.3) is 5.65 Å². The molecule has 0 bridgehead atoms. The van der Waals surface area contributed by atoms with E-state index in [0.29, 0.717) is 11.5 Å². The zero-order chi connectivity index (χ0) is 14.9. The number of fused-ring (bicyclic) bond motifs is 1. The van der Waals surface area contributed by atoms with E-state index in [0.717, 1.165) is 6.07 Å². The predicted molar refractivity (Wildman–Crippen MR) is 68.8 cm³/mol. The van der Waals surface area contributed by atoms with E-state index in [1.807, 2.05) is 0 Å². The van der Waals surface area contributed by atoms with Gasteiger partial charge in [-0.05, 0) is 24.3 Å². The number of nitrogens with zero attached hydrogens (tertiary/aromatic N) is 3. The molecule has 0 aliphatic carbocycles. The van der Waals surface area contributed by atoms with Crippen LogP contribution in [0.15, 0.2) is 48.7 Å². The van der Waals surface area contributed by atoms with Crippen LogP contribution in [0.3, 0.4) is 0 Å². The van der Waals surface area contributed by atoms with Crippen molar-refractivity contribution in [2.75, 3.05) is 0 Å². The minimum Gasteiger partial charge on any atom is -0.485 e. The summed E-state index contributed by atoms with van der Waals surface area (Å²) >= 11 is 0. The molecule has 0 unspecified atom stereocenters. The van der Waals surface area contributed by atoms with Crippen molar-refractivity contribution >= 4 is 5.65 Å². The van der Waals surface area contributed by atoms with E-state index in [2.05, 4.69) is 10.2 Å². The normalized spacial score (nSPS) is 11.8. The van der Waals surface area contributed by atoms with Gasteiger partial charge < -0.3 is 4.74 Å². The van der Waals surface area contributed by atoms with Gasteiger partial charge in [-0.25, -0.2) is 0 Å². The van der Waals surface area contributed by atoms with Gasteiger partial charge >= 0.3 is 6.18 Å². The van der Waals surface area contributed by atoms with Crippen LogP contribution in [0.5, 0.6) is 5.75 Å². The third kappa shape index (κ3) is 2.67. The summed E-state index contributed by atoms with van der Waals surface area (Å²) in [4.78, 5) is 0. The quantitative estimate of drug-likeness (QED) is 0.743. The van der Waals surface area contributed by atoms with Gasteiger partial charge in [0.2, 0.25) is 0 Å². The first kappa shape index (κ1) is 13.4. The highest BCUT2D eigenvalue weighted by molar-refractivity contribution is 5.38. The summed E-state index contributed by atoms with van der Waals surface area (Å²) < 4.78 is 45.5. The number of para-hydroxylation sites is 1. The van der Waals surface area contributed by atoms with Gasteiger partial charge in [-0.1, -0.05) is 18.2 Å². The molecule has 0 amide bonds. The Hall–Kier alpha value is -2.57. The lowest BCUT2D eigenvalue weighted by Crippen LogP contribution is -2.09. The van der Waals surface area contributed by atoms with Crippen molar-refractivity contribution in [3.05, 3.63) is 60.0 Å². The second kappa shape index (κ2) is 5.08. The maximum atomic E-state index is 12.9. The molecule has 21 heavy (non-hydrogen) atoms. The molecule has 108 valence electrons. The zero-order valence-corrected chi connectivity index (χ0v) is 10.7. The first-order valence-corrected chi connectivity index (χ1v) is 6.13. The number of ether oxygens (including phenoxy) is 1. The van der Waals surface area contributed by atoms with Crippen molar-refractivity contribution in [2.45, 2.75) is 12.8 Å². The molecule has 2 heterocycles. The van der Waals surface area contributed by atoms with Crippen LogP contribution in [0.2, 0.25) is 0 Å². The monoisotopic (exact) mass is 293 g/mol. The summed E-state index contributed by atoms with van der Waals surface area (Å²) in [6.45, 7) is -0.0989. The summed E-state index contributed by atoms with van der Waals surface area (Å²) in [6.07, 6.45) is -2.73. The van der Waals surface area contributed by atoms with Gasteiger partial charge in [0, 0.05) is 6.20 Å². The lowest BCUT2D eigenvalue weighted by Gasteiger charge is -2.13. The fraction of sp³-hybridized carbons (Fsp3) is 0.143. The summed E-state index contributed by atoms with van der Waals surface area (Å²) in [7, 11) is 0. The summed E-state index contributed by atoms with van der Waals surface area (Å²) in [6, 6.07) is 10.4. The van der Waals surface area contributed by atoms with Crippen LogP contribution >= 0.6 is 0 Å². The molecule has 3 aromatic rings. The smallest absolute Gasteiger partial charge is 0.419 e. The Bertz CT molecular complexity index is 767. The van der Waals surface area contributed by atoms with Gasteiger partial charge in [0.05, 0.1) is 5.56 Å². The lowest BCUT2D eigenvalue weighted by molar-refractivity contribution is -0.139. The first-order chi connectivity index (χ1) is 10.1. The maximum absolute atomic E-state index is 12.9. The predicted octanol–water partition coefficient (Wildman–Crippen LogP) is 3.33. The molecule has 0 spiro atoms. The topological polar surface area (TPSA) is 39.4 Å². The average molecular weight is 293 g/mol. The number of benzene rings is 1. The Morgan fingerprint density at radius 3 is 2.57 bits per heavy atom. The first-order valence-electron chi connectivity index (χ1n) is 6.13. The molecule has 4 nitrogen and oxygen atoms in total. The van der Waals surface area contributed by atoms with Crippen molar-refractivity contribution in [3.8, 4) is 5.75 Å². The van der Waals surface area contributed by atoms with Crippen molar-refractivity contribution in [3.63, 3.8) is 0 Å². The number of hydrogen-bond donors (Lipinski definition) is 0. The summed E-state index contributed by atoms with van der Waals surface area (Å²) in [5.41, 5.74) is -0.195. The van der Waals surface area contributed by atoms with E-state index in [1.54, 1.807) is 28.8 Å². The number of halogens is 3. The molecule has 0 saturated carbocycles. The Labute approximate surface area is 117 Å². The van der Waals surface area contributed by atoms with E-state index in [-0.39, 0.29) is 12.4 Å². The molecule has 3 rings (SSSR count). The zero-order valence-electron chi connectivity index (χ0n) is 10.7. The molecule has 0 N–H and O–H groups in total. The van der Waals surface area contributed by atoms with Gasteiger partial charge in [-0.2, -0.15) is 13.2 Å². The molecule has 0 aliphatic heterocycles. The largest absolute Gasteiger partial charge is 0.485 e. The molecule has 0 fully saturated rings. The van der Waals surface area contributed by atoms with Crippen LogP contribution in [-0.4, -0.2) is 14.6 Å². The van der Waals surface area contributed by atoms with E-state index in [9.17, 15) is 13.2 Å². The van der Waals surface area contributed by atoms with Crippen molar-refractivity contribution in [1.82, 2.24) is 14.6 Å².